The lowest BCUT2D eigenvalue weighted by Crippen LogP contribution is -2.53. The van der Waals surface area contributed by atoms with E-state index in [-0.39, 0.29) is 36.8 Å². The molecule has 1 aliphatic carbocycles. The molecule has 0 bridgehead atoms. The summed E-state index contributed by atoms with van der Waals surface area (Å²) in [6.07, 6.45) is 9.40. The van der Waals surface area contributed by atoms with Crippen molar-refractivity contribution in [2.45, 2.75) is 75.7 Å². The molecule has 1 aromatic carbocycles. The van der Waals surface area contributed by atoms with Gasteiger partial charge in [-0.15, -0.1) is 0 Å². The molecule has 3 aromatic rings. The lowest BCUT2D eigenvalue weighted by Gasteiger charge is -2.40. The number of amides is 1. The molecular formula is C28H35F2N7O2. The molecule has 2 aromatic heterocycles. The van der Waals surface area contributed by atoms with Crippen molar-refractivity contribution in [1.82, 2.24) is 29.3 Å². The van der Waals surface area contributed by atoms with Crippen molar-refractivity contribution in [3.63, 3.8) is 0 Å². The number of nitrogens with zero attached hydrogens (tertiary/aromatic N) is 6. The van der Waals surface area contributed by atoms with Gasteiger partial charge in [-0.3, -0.25) is 14.3 Å². The zero-order chi connectivity index (χ0) is 27.0. The van der Waals surface area contributed by atoms with Crippen molar-refractivity contribution >= 4 is 22.9 Å². The smallest absolute Gasteiger partial charge is 0.297 e. The predicted octanol–water partition coefficient (Wildman–Crippen LogP) is 4.04. The quantitative estimate of drug-likeness (QED) is 0.505. The second-order valence-corrected chi connectivity index (χ2v) is 11.1. The zero-order valence-electron chi connectivity index (χ0n) is 22.1. The maximum atomic E-state index is 15.9. The van der Waals surface area contributed by atoms with Crippen LogP contribution in [0, 0.1) is 5.82 Å². The number of imidazole rings is 1. The number of alkyl halides is 1. The number of halogens is 2. The second-order valence-electron chi connectivity index (χ2n) is 11.1. The highest BCUT2D eigenvalue weighted by Crippen LogP contribution is 2.36. The van der Waals surface area contributed by atoms with Crippen LogP contribution >= 0.6 is 0 Å². The molecule has 0 spiro atoms. The molecular weight excluding hydrogens is 504 g/mol. The maximum absolute atomic E-state index is 15.9. The Labute approximate surface area is 226 Å². The van der Waals surface area contributed by atoms with E-state index in [1.165, 1.54) is 12.1 Å². The third-order valence-electron chi connectivity index (χ3n) is 8.47. The molecule has 11 heteroatoms. The first-order valence-corrected chi connectivity index (χ1v) is 14.0. The number of likely N-dealkylation sites (tertiary alicyclic amines) is 2. The van der Waals surface area contributed by atoms with Gasteiger partial charge in [0.25, 0.3) is 11.9 Å². The minimum Gasteiger partial charge on any atom is -0.461 e. The van der Waals surface area contributed by atoms with Crippen LogP contribution in [-0.2, 0) is 11.3 Å². The molecule has 0 atom stereocenters. The molecule has 3 aliphatic rings. The first-order valence-electron chi connectivity index (χ1n) is 14.0. The molecule has 1 saturated carbocycles. The molecule has 2 N–H and O–H groups in total. The van der Waals surface area contributed by atoms with Crippen molar-refractivity contribution in [3.05, 3.63) is 42.0 Å². The van der Waals surface area contributed by atoms with Gasteiger partial charge in [0.1, 0.15) is 11.9 Å². The number of benzene rings is 1. The van der Waals surface area contributed by atoms with E-state index in [1.807, 2.05) is 0 Å². The van der Waals surface area contributed by atoms with Crippen LogP contribution < -0.4 is 10.5 Å². The lowest BCUT2D eigenvalue weighted by atomic mass is 9.90. The summed E-state index contributed by atoms with van der Waals surface area (Å²) in [6.45, 7) is 2.51. The Morgan fingerprint density at radius 2 is 1.74 bits per heavy atom. The number of rotatable bonds is 6. The third kappa shape index (κ3) is 5.41. The van der Waals surface area contributed by atoms with Crippen LogP contribution in [0.1, 0.15) is 63.0 Å². The Bertz CT molecular complexity index is 1310. The van der Waals surface area contributed by atoms with E-state index in [2.05, 4.69) is 24.4 Å². The van der Waals surface area contributed by atoms with Gasteiger partial charge in [0.15, 0.2) is 5.67 Å². The fourth-order valence-corrected chi connectivity index (χ4v) is 6.24. The highest BCUT2D eigenvalue weighted by molar-refractivity contribution is 5.85. The van der Waals surface area contributed by atoms with Crippen molar-refractivity contribution in [3.8, 4) is 6.01 Å². The fourth-order valence-electron chi connectivity index (χ4n) is 6.24. The number of aromatic nitrogens is 4. The predicted molar refractivity (Wildman–Crippen MR) is 142 cm³/mol. The summed E-state index contributed by atoms with van der Waals surface area (Å²) in [6, 6.07) is 5.19. The summed E-state index contributed by atoms with van der Waals surface area (Å²) in [5.41, 5.74) is 6.02. The number of carbonyl (C=O) groups excluding carboxylic acids is 1. The number of carbonyl (C=O) groups is 1. The van der Waals surface area contributed by atoms with Gasteiger partial charge in [0.05, 0.1) is 11.0 Å². The van der Waals surface area contributed by atoms with Crippen LogP contribution in [0.5, 0.6) is 6.01 Å². The number of hydrogen-bond acceptors (Lipinski definition) is 7. The zero-order valence-corrected chi connectivity index (χ0v) is 22.1. The first-order chi connectivity index (χ1) is 18.9. The van der Waals surface area contributed by atoms with Crippen molar-refractivity contribution in [1.29, 1.82) is 0 Å². The lowest BCUT2D eigenvalue weighted by molar-refractivity contribution is -0.148. The average molecular weight is 540 g/mol. The SMILES string of the molecule is Nc1ncc(CN2CCC(F)(C(=O)N3CCC(n4c(OC5CCCC5)nc5cc(F)ccc54)CC3)CC2)cn1. The monoisotopic (exact) mass is 539 g/mol. The Kier molecular flexibility index (Phi) is 7.09. The topological polar surface area (TPSA) is 102 Å². The summed E-state index contributed by atoms with van der Waals surface area (Å²) < 4.78 is 38.2. The molecule has 6 rings (SSSR count). The van der Waals surface area contributed by atoms with Crippen LogP contribution in [0.4, 0.5) is 14.7 Å². The van der Waals surface area contributed by atoms with Crippen molar-refractivity contribution in [2.75, 3.05) is 31.9 Å². The minimum absolute atomic E-state index is 0.0421. The molecule has 208 valence electrons. The van der Waals surface area contributed by atoms with Gasteiger partial charge in [0.2, 0.25) is 5.95 Å². The highest BCUT2D eigenvalue weighted by atomic mass is 19.1. The molecule has 4 heterocycles. The van der Waals surface area contributed by atoms with Gasteiger partial charge in [-0.05, 0) is 50.7 Å². The summed E-state index contributed by atoms with van der Waals surface area (Å²) in [5, 5.41) is 0. The molecule has 9 nitrogen and oxygen atoms in total. The number of hydrogen-bond donors (Lipinski definition) is 1. The third-order valence-corrected chi connectivity index (χ3v) is 8.47. The van der Waals surface area contributed by atoms with E-state index in [0.29, 0.717) is 57.1 Å². The maximum Gasteiger partial charge on any atom is 0.297 e. The van der Waals surface area contributed by atoms with Crippen LogP contribution in [0.2, 0.25) is 0 Å². The van der Waals surface area contributed by atoms with Gasteiger partial charge in [-0.2, -0.15) is 4.98 Å². The largest absolute Gasteiger partial charge is 0.461 e. The van der Waals surface area contributed by atoms with Crippen LogP contribution in [0.15, 0.2) is 30.6 Å². The molecule has 0 radical (unpaired) electrons. The Hall–Kier alpha value is -3.34. The Morgan fingerprint density at radius 1 is 1.05 bits per heavy atom. The van der Waals surface area contributed by atoms with Gasteiger partial charge in [-0.1, -0.05) is 0 Å². The van der Waals surface area contributed by atoms with E-state index in [9.17, 15) is 9.18 Å². The minimum atomic E-state index is -1.85. The molecule has 39 heavy (non-hydrogen) atoms. The molecule has 3 fully saturated rings. The number of ether oxygens (including phenoxy) is 1. The number of nitrogen functional groups attached to an aromatic ring is 1. The normalized spacial score (nSPS) is 21.0. The summed E-state index contributed by atoms with van der Waals surface area (Å²) in [4.78, 5) is 29.8. The van der Waals surface area contributed by atoms with Gasteiger partial charge in [-0.25, -0.2) is 18.7 Å². The van der Waals surface area contributed by atoms with Gasteiger partial charge < -0.3 is 15.4 Å². The average Bonchev–Trinajstić information content (AvgIpc) is 3.58. The van der Waals surface area contributed by atoms with E-state index in [1.54, 1.807) is 23.4 Å². The van der Waals surface area contributed by atoms with E-state index in [0.717, 1.165) is 36.8 Å². The molecule has 1 amide bonds. The van der Waals surface area contributed by atoms with E-state index >= 15 is 4.39 Å². The van der Waals surface area contributed by atoms with Crippen LogP contribution in [0.3, 0.4) is 0 Å². The van der Waals surface area contributed by atoms with Crippen LogP contribution in [0.25, 0.3) is 11.0 Å². The van der Waals surface area contributed by atoms with E-state index < -0.39 is 11.6 Å². The summed E-state index contributed by atoms with van der Waals surface area (Å²) in [7, 11) is 0. The fraction of sp³-hybridized carbons (Fsp3) is 0.571. The summed E-state index contributed by atoms with van der Waals surface area (Å²) >= 11 is 0. The standard InChI is InChI=1S/C28H35F2N7O2/c29-20-5-6-24-23(15-20)34-27(39-22-3-1-2-4-22)37(24)21-7-11-36(12-8-21)25(38)28(30)9-13-35(14-10-28)18-19-16-32-26(31)33-17-19/h5-6,15-17,21-22H,1-4,7-14,18H2,(H2,31,32,33). The Morgan fingerprint density at radius 3 is 2.44 bits per heavy atom. The molecule has 2 aliphatic heterocycles. The van der Waals surface area contributed by atoms with Gasteiger partial charge >= 0.3 is 0 Å². The molecule has 0 unspecified atom stereocenters. The van der Waals surface area contributed by atoms with Crippen molar-refractivity contribution in [2.24, 2.45) is 0 Å². The van der Waals surface area contributed by atoms with Gasteiger partial charge in [0, 0.05) is 75.6 Å². The van der Waals surface area contributed by atoms with E-state index in [4.69, 9.17) is 10.5 Å². The molecule has 2 saturated heterocycles. The highest BCUT2D eigenvalue weighted by Gasteiger charge is 2.45. The number of anilines is 1. The van der Waals surface area contributed by atoms with Crippen LogP contribution in [-0.4, -0.2) is 73.2 Å². The number of piperidine rings is 2. The second kappa shape index (κ2) is 10.7. The summed E-state index contributed by atoms with van der Waals surface area (Å²) in [5.74, 6) is -0.514. The first kappa shape index (κ1) is 25.9. The number of fused-ring (bicyclic) bond motifs is 1. The number of nitrogens with two attached hydrogens (primary N) is 1. The van der Waals surface area contributed by atoms with Crippen molar-refractivity contribution < 1.29 is 18.3 Å². The Balaban J connectivity index is 1.09.